The number of ether oxygens (including phenoxy) is 1. The van der Waals surface area contributed by atoms with E-state index in [4.69, 9.17) is 17.0 Å². The lowest BCUT2D eigenvalue weighted by atomic mass is 10.0. The fraction of sp³-hybridized carbons (Fsp3) is 0.0870. The van der Waals surface area contributed by atoms with Crippen molar-refractivity contribution in [3.63, 3.8) is 0 Å². The van der Waals surface area contributed by atoms with E-state index in [1.165, 1.54) is 6.08 Å². The molecule has 0 bridgehead atoms. The molecule has 0 spiro atoms. The number of amides is 2. The number of hydrogen-bond acceptors (Lipinski definition) is 4. The number of rotatable bonds is 5. The summed E-state index contributed by atoms with van der Waals surface area (Å²) in [5.41, 5.74) is 6.81. The fourth-order valence-corrected chi connectivity index (χ4v) is 2.91. The molecule has 0 heterocycles. The van der Waals surface area contributed by atoms with Gasteiger partial charge in [0.25, 0.3) is 5.91 Å². The Labute approximate surface area is 179 Å². The highest BCUT2D eigenvalue weighted by Crippen LogP contribution is 2.19. The van der Waals surface area contributed by atoms with Gasteiger partial charge in [-0.1, -0.05) is 54.6 Å². The van der Waals surface area contributed by atoms with Crippen LogP contribution in [0.25, 0.3) is 16.8 Å². The predicted octanol–water partition coefficient (Wildman–Crippen LogP) is 3.26. The molecule has 6 nitrogen and oxygen atoms in total. The average molecular weight is 420 g/mol. The Hall–Kier alpha value is -3.71. The number of benzene rings is 3. The van der Waals surface area contributed by atoms with E-state index in [9.17, 15) is 9.59 Å². The monoisotopic (exact) mass is 419 g/mol. The number of carbonyl (C=O) groups excluding carboxylic acids is 2. The minimum Gasteiger partial charge on any atom is -0.484 e. The molecule has 0 saturated carbocycles. The van der Waals surface area contributed by atoms with Crippen LogP contribution in [0.4, 0.5) is 0 Å². The van der Waals surface area contributed by atoms with Crippen LogP contribution in [0, 0.1) is 6.92 Å². The molecule has 3 N–H and O–H groups in total. The summed E-state index contributed by atoms with van der Waals surface area (Å²) >= 11 is 5.02. The number of thiocarbonyl (C=S) groups is 1. The lowest BCUT2D eigenvalue weighted by Crippen LogP contribution is -2.49. The standard InChI is InChI=1S/C23H21N3O3S/c1-16-6-4-10-19(14-16)29-15-22(28)25-26-23(30)24-21(27)13-12-18-9-5-8-17-7-2-3-11-20(17)18/h2-14H,15H2,1H3,(H,25,28)(H2,24,26,27,30)/b13-12+. The van der Waals surface area contributed by atoms with Crippen molar-refractivity contribution in [2.45, 2.75) is 6.92 Å². The summed E-state index contributed by atoms with van der Waals surface area (Å²) in [4.78, 5) is 23.9. The Morgan fingerprint density at radius 1 is 1.00 bits per heavy atom. The van der Waals surface area contributed by atoms with Crippen molar-refractivity contribution in [2.75, 3.05) is 6.61 Å². The van der Waals surface area contributed by atoms with Crippen LogP contribution in [0.3, 0.4) is 0 Å². The van der Waals surface area contributed by atoms with Gasteiger partial charge < -0.3 is 4.74 Å². The second-order valence-electron chi connectivity index (χ2n) is 6.50. The molecule has 152 valence electrons. The van der Waals surface area contributed by atoms with E-state index in [1.807, 2.05) is 67.6 Å². The van der Waals surface area contributed by atoms with Gasteiger partial charge in [0.1, 0.15) is 5.75 Å². The van der Waals surface area contributed by atoms with E-state index >= 15 is 0 Å². The van der Waals surface area contributed by atoms with Gasteiger partial charge in [-0.05, 0) is 59.2 Å². The first-order valence-corrected chi connectivity index (χ1v) is 9.67. The van der Waals surface area contributed by atoms with E-state index in [-0.39, 0.29) is 11.7 Å². The molecule has 0 aliphatic carbocycles. The molecule has 0 radical (unpaired) electrons. The second kappa shape index (κ2) is 10.2. The molecule has 0 fully saturated rings. The Morgan fingerprint density at radius 2 is 1.77 bits per heavy atom. The summed E-state index contributed by atoms with van der Waals surface area (Å²) in [6.07, 6.45) is 3.10. The van der Waals surface area contributed by atoms with Gasteiger partial charge >= 0.3 is 0 Å². The molecule has 0 atom stereocenters. The van der Waals surface area contributed by atoms with E-state index in [1.54, 1.807) is 12.1 Å². The highest BCUT2D eigenvalue weighted by Gasteiger charge is 2.05. The molecule has 2 amide bonds. The molecule has 3 aromatic rings. The minimum absolute atomic E-state index is 0.0218. The zero-order valence-electron chi connectivity index (χ0n) is 16.3. The zero-order valence-corrected chi connectivity index (χ0v) is 17.2. The summed E-state index contributed by atoms with van der Waals surface area (Å²) in [7, 11) is 0. The molecule has 3 rings (SSSR count). The largest absolute Gasteiger partial charge is 0.484 e. The maximum atomic E-state index is 12.1. The van der Waals surface area contributed by atoms with Crippen LogP contribution in [-0.4, -0.2) is 23.5 Å². The molecule has 7 heteroatoms. The van der Waals surface area contributed by atoms with Gasteiger partial charge in [-0.25, -0.2) is 0 Å². The van der Waals surface area contributed by atoms with E-state index < -0.39 is 11.8 Å². The van der Waals surface area contributed by atoms with Crippen LogP contribution < -0.4 is 20.9 Å². The highest BCUT2D eigenvalue weighted by atomic mass is 32.1. The first kappa shape index (κ1) is 21.0. The molecule has 0 aromatic heterocycles. The van der Waals surface area contributed by atoms with Gasteiger partial charge in [-0.3, -0.25) is 25.8 Å². The third-order valence-corrected chi connectivity index (χ3v) is 4.35. The fourth-order valence-electron chi connectivity index (χ4n) is 2.76. The van der Waals surface area contributed by atoms with Gasteiger partial charge in [0.15, 0.2) is 11.7 Å². The Balaban J connectivity index is 1.44. The molecule has 0 aliphatic heterocycles. The number of nitrogens with one attached hydrogen (secondary N) is 3. The maximum Gasteiger partial charge on any atom is 0.276 e. The molecule has 3 aromatic carbocycles. The Bertz CT molecular complexity index is 1110. The van der Waals surface area contributed by atoms with Crippen molar-refractivity contribution < 1.29 is 14.3 Å². The maximum absolute atomic E-state index is 12.1. The van der Waals surface area contributed by atoms with Crippen LogP contribution >= 0.6 is 12.2 Å². The van der Waals surface area contributed by atoms with Crippen molar-refractivity contribution in [1.82, 2.24) is 16.2 Å². The number of carbonyl (C=O) groups is 2. The summed E-state index contributed by atoms with van der Waals surface area (Å²) < 4.78 is 5.39. The smallest absolute Gasteiger partial charge is 0.276 e. The van der Waals surface area contributed by atoms with Gasteiger partial charge in [-0.15, -0.1) is 0 Å². The van der Waals surface area contributed by atoms with E-state index in [0.29, 0.717) is 5.75 Å². The van der Waals surface area contributed by atoms with Crippen LogP contribution in [0.1, 0.15) is 11.1 Å². The van der Waals surface area contributed by atoms with Crippen molar-refractivity contribution in [3.05, 3.63) is 83.9 Å². The van der Waals surface area contributed by atoms with Crippen molar-refractivity contribution in [1.29, 1.82) is 0 Å². The number of hydrazine groups is 1. The third kappa shape index (κ3) is 6.15. The number of hydrogen-bond donors (Lipinski definition) is 3. The quantitative estimate of drug-likeness (QED) is 0.336. The summed E-state index contributed by atoms with van der Waals surface area (Å²) in [6, 6.07) is 21.2. The Morgan fingerprint density at radius 3 is 2.60 bits per heavy atom. The summed E-state index contributed by atoms with van der Waals surface area (Å²) in [6.45, 7) is 1.75. The first-order valence-electron chi connectivity index (χ1n) is 9.26. The summed E-state index contributed by atoms with van der Waals surface area (Å²) in [5, 5.41) is 4.59. The van der Waals surface area contributed by atoms with Gasteiger partial charge in [0.05, 0.1) is 0 Å². The average Bonchev–Trinajstić information content (AvgIpc) is 2.75. The normalized spacial score (nSPS) is 10.6. The van der Waals surface area contributed by atoms with Crippen molar-refractivity contribution in [2.24, 2.45) is 0 Å². The number of aryl methyl sites for hydroxylation is 1. The molecule has 0 unspecified atom stereocenters. The minimum atomic E-state index is -0.431. The highest BCUT2D eigenvalue weighted by molar-refractivity contribution is 7.80. The van der Waals surface area contributed by atoms with Crippen LogP contribution in [-0.2, 0) is 9.59 Å². The third-order valence-electron chi connectivity index (χ3n) is 4.15. The molecular formula is C23H21N3O3S. The van der Waals surface area contributed by atoms with Crippen LogP contribution in [0.2, 0.25) is 0 Å². The molecule has 0 saturated heterocycles. The second-order valence-corrected chi connectivity index (χ2v) is 6.91. The van der Waals surface area contributed by atoms with Crippen molar-refractivity contribution >= 4 is 46.0 Å². The summed E-state index contributed by atoms with van der Waals surface area (Å²) in [5.74, 6) is -0.246. The lowest BCUT2D eigenvalue weighted by Gasteiger charge is -2.10. The van der Waals surface area contributed by atoms with Crippen LogP contribution in [0.5, 0.6) is 5.75 Å². The lowest BCUT2D eigenvalue weighted by molar-refractivity contribution is -0.123. The number of fused-ring (bicyclic) bond motifs is 1. The van der Waals surface area contributed by atoms with E-state index in [2.05, 4.69) is 16.2 Å². The topological polar surface area (TPSA) is 79.5 Å². The molecular weight excluding hydrogens is 398 g/mol. The molecule has 0 aliphatic rings. The first-order chi connectivity index (χ1) is 14.5. The van der Waals surface area contributed by atoms with Crippen molar-refractivity contribution in [3.8, 4) is 5.75 Å². The van der Waals surface area contributed by atoms with Gasteiger partial charge in [-0.2, -0.15) is 0 Å². The van der Waals surface area contributed by atoms with Gasteiger partial charge in [0.2, 0.25) is 5.91 Å². The zero-order chi connectivity index (χ0) is 21.3. The van der Waals surface area contributed by atoms with E-state index in [0.717, 1.165) is 21.9 Å². The van der Waals surface area contributed by atoms with Gasteiger partial charge in [0, 0.05) is 6.08 Å². The van der Waals surface area contributed by atoms with Crippen LogP contribution in [0.15, 0.2) is 72.8 Å². The SMILES string of the molecule is Cc1cccc(OCC(=O)NNC(=S)NC(=O)/C=C/c2cccc3ccccc23)c1. The predicted molar refractivity (Wildman–Crippen MR) is 122 cm³/mol. The Kier molecular flexibility index (Phi) is 7.13. The molecule has 30 heavy (non-hydrogen) atoms.